The van der Waals surface area contributed by atoms with Crippen molar-refractivity contribution in [1.29, 1.82) is 0 Å². The largest absolute Gasteiger partial charge is 0.284 e. The monoisotopic (exact) mass is 295 g/mol. The average molecular weight is 295 g/mol. The SMILES string of the molecule is CC(C)(Sc1ccccc1)C1CCC(c2ccccc2)=N1. The molecule has 0 saturated carbocycles. The van der Waals surface area contributed by atoms with Gasteiger partial charge in [-0.2, -0.15) is 0 Å². The molecule has 2 aromatic rings. The molecule has 0 aromatic heterocycles. The van der Waals surface area contributed by atoms with Crippen LogP contribution in [0.2, 0.25) is 0 Å². The fourth-order valence-corrected chi connectivity index (χ4v) is 4.01. The van der Waals surface area contributed by atoms with Crippen molar-refractivity contribution in [2.24, 2.45) is 4.99 Å². The van der Waals surface area contributed by atoms with E-state index in [1.807, 2.05) is 11.8 Å². The zero-order valence-electron chi connectivity index (χ0n) is 12.6. The minimum absolute atomic E-state index is 0.123. The average Bonchev–Trinajstić information content (AvgIpc) is 2.99. The first kappa shape index (κ1) is 14.4. The van der Waals surface area contributed by atoms with Gasteiger partial charge in [-0.05, 0) is 44.4 Å². The molecule has 0 amide bonds. The second-order valence-corrected chi connectivity index (χ2v) is 7.74. The number of nitrogens with zero attached hydrogens (tertiary/aromatic N) is 1. The topological polar surface area (TPSA) is 12.4 Å². The summed E-state index contributed by atoms with van der Waals surface area (Å²) in [5.41, 5.74) is 2.54. The third-order valence-electron chi connectivity index (χ3n) is 4.00. The summed E-state index contributed by atoms with van der Waals surface area (Å²) in [4.78, 5) is 6.35. The molecule has 21 heavy (non-hydrogen) atoms. The molecule has 0 saturated heterocycles. The van der Waals surface area contributed by atoms with Gasteiger partial charge in [0.05, 0.1) is 6.04 Å². The van der Waals surface area contributed by atoms with Crippen LogP contribution in [0.4, 0.5) is 0 Å². The number of thioether (sulfide) groups is 1. The van der Waals surface area contributed by atoms with Gasteiger partial charge in [-0.3, -0.25) is 4.99 Å². The smallest absolute Gasteiger partial charge is 0.0651 e. The Morgan fingerprint density at radius 2 is 1.57 bits per heavy atom. The summed E-state index contributed by atoms with van der Waals surface area (Å²) >= 11 is 1.93. The third kappa shape index (κ3) is 3.38. The maximum atomic E-state index is 5.02. The van der Waals surface area contributed by atoms with E-state index in [2.05, 4.69) is 74.5 Å². The van der Waals surface area contributed by atoms with E-state index in [4.69, 9.17) is 4.99 Å². The van der Waals surface area contributed by atoms with Crippen LogP contribution in [0.3, 0.4) is 0 Å². The highest BCUT2D eigenvalue weighted by Crippen LogP contribution is 2.40. The molecule has 1 unspecified atom stereocenters. The van der Waals surface area contributed by atoms with Gasteiger partial charge >= 0.3 is 0 Å². The van der Waals surface area contributed by atoms with Gasteiger partial charge in [0.1, 0.15) is 0 Å². The van der Waals surface area contributed by atoms with Crippen LogP contribution in [0.25, 0.3) is 0 Å². The summed E-state index contributed by atoms with van der Waals surface area (Å²) in [5, 5.41) is 0. The van der Waals surface area contributed by atoms with E-state index in [-0.39, 0.29) is 4.75 Å². The van der Waals surface area contributed by atoms with Crippen molar-refractivity contribution in [1.82, 2.24) is 0 Å². The molecule has 0 fully saturated rings. The summed E-state index contributed by atoms with van der Waals surface area (Å²) < 4.78 is 0.123. The van der Waals surface area contributed by atoms with Crippen LogP contribution in [-0.2, 0) is 0 Å². The Bertz CT molecular complexity index is 617. The number of hydrogen-bond donors (Lipinski definition) is 0. The van der Waals surface area contributed by atoms with Gasteiger partial charge in [-0.15, -0.1) is 11.8 Å². The number of benzene rings is 2. The lowest BCUT2D eigenvalue weighted by atomic mass is 10.0. The van der Waals surface area contributed by atoms with E-state index < -0.39 is 0 Å². The van der Waals surface area contributed by atoms with Gasteiger partial charge in [-0.25, -0.2) is 0 Å². The third-order valence-corrected chi connectivity index (χ3v) is 5.31. The maximum absolute atomic E-state index is 5.02. The number of hydrogen-bond acceptors (Lipinski definition) is 2. The van der Waals surface area contributed by atoms with Crippen LogP contribution in [-0.4, -0.2) is 16.5 Å². The van der Waals surface area contributed by atoms with Crippen molar-refractivity contribution in [2.45, 2.75) is 42.4 Å². The van der Waals surface area contributed by atoms with Crippen molar-refractivity contribution in [3.63, 3.8) is 0 Å². The molecule has 0 bridgehead atoms. The van der Waals surface area contributed by atoms with Crippen LogP contribution < -0.4 is 0 Å². The minimum Gasteiger partial charge on any atom is -0.284 e. The molecule has 0 aliphatic carbocycles. The Hall–Kier alpha value is -1.54. The molecule has 0 N–H and O–H groups in total. The van der Waals surface area contributed by atoms with Crippen LogP contribution in [0.15, 0.2) is 70.6 Å². The first-order valence-electron chi connectivity index (χ1n) is 7.51. The zero-order valence-corrected chi connectivity index (χ0v) is 13.4. The second-order valence-electron chi connectivity index (χ2n) is 6.01. The van der Waals surface area contributed by atoms with Crippen molar-refractivity contribution in [3.05, 3.63) is 66.2 Å². The summed E-state index contributed by atoms with van der Waals surface area (Å²) in [6.07, 6.45) is 2.24. The molecule has 2 heteroatoms. The van der Waals surface area contributed by atoms with Crippen LogP contribution in [0, 0.1) is 0 Å². The predicted molar refractivity (Wildman–Crippen MR) is 92.4 cm³/mol. The molecule has 2 aromatic carbocycles. The molecule has 1 aliphatic rings. The fourth-order valence-electron chi connectivity index (χ4n) is 2.80. The lowest BCUT2D eigenvalue weighted by molar-refractivity contribution is 0.538. The summed E-state index contributed by atoms with van der Waals surface area (Å²) in [6, 6.07) is 21.6. The quantitative estimate of drug-likeness (QED) is 0.705. The first-order chi connectivity index (χ1) is 10.1. The van der Waals surface area contributed by atoms with E-state index >= 15 is 0 Å². The van der Waals surface area contributed by atoms with Crippen molar-refractivity contribution >= 4 is 17.5 Å². The van der Waals surface area contributed by atoms with Crippen molar-refractivity contribution < 1.29 is 0 Å². The second kappa shape index (κ2) is 6.07. The fraction of sp³-hybridized carbons (Fsp3) is 0.316. The highest BCUT2D eigenvalue weighted by molar-refractivity contribution is 8.00. The Kier molecular flexibility index (Phi) is 4.16. The standard InChI is InChI=1S/C19H21NS/c1-19(2,21-16-11-7-4-8-12-16)18-14-13-17(20-18)15-9-5-3-6-10-15/h3-12,18H,13-14H2,1-2H3. The van der Waals surface area contributed by atoms with E-state index in [0.29, 0.717) is 6.04 Å². The maximum Gasteiger partial charge on any atom is 0.0651 e. The number of aliphatic imine (C=N–C) groups is 1. The highest BCUT2D eigenvalue weighted by atomic mass is 32.2. The van der Waals surface area contributed by atoms with Gasteiger partial charge < -0.3 is 0 Å². The summed E-state index contributed by atoms with van der Waals surface area (Å²) in [6.45, 7) is 4.62. The van der Waals surface area contributed by atoms with Gasteiger partial charge in [0.2, 0.25) is 0 Å². The zero-order chi connectivity index (χ0) is 14.7. The molecule has 3 rings (SSSR count). The van der Waals surface area contributed by atoms with E-state index in [9.17, 15) is 0 Å². The van der Waals surface area contributed by atoms with E-state index in [1.165, 1.54) is 16.2 Å². The molecular formula is C19H21NS. The molecule has 0 radical (unpaired) electrons. The first-order valence-corrected chi connectivity index (χ1v) is 8.33. The van der Waals surface area contributed by atoms with Gasteiger partial charge in [0.25, 0.3) is 0 Å². The Morgan fingerprint density at radius 1 is 0.952 bits per heavy atom. The van der Waals surface area contributed by atoms with Gasteiger partial charge in [0.15, 0.2) is 0 Å². The lowest BCUT2D eigenvalue weighted by Crippen LogP contribution is -2.29. The van der Waals surface area contributed by atoms with Gasteiger partial charge in [0, 0.05) is 15.4 Å². The van der Waals surface area contributed by atoms with Crippen molar-refractivity contribution in [2.75, 3.05) is 0 Å². The summed E-state index contributed by atoms with van der Waals surface area (Å²) in [7, 11) is 0. The summed E-state index contributed by atoms with van der Waals surface area (Å²) in [5.74, 6) is 0. The minimum atomic E-state index is 0.123. The van der Waals surface area contributed by atoms with E-state index in [1.54, 1.807) is 0 Å². The molecular weight excluding hydrogens is 274 g/mol. The molecule has 108 valence electrons. The highest BCUT2D eigenvalue weighted by Gasteiger charge is 2.34. The van der Waals surface area contributed by atoms with Crippen LogP contribution in [0.5, 0.6) is 0 Å². The van der Waals surface area contributed by atoms with Crippen molar-refractivity contribution in [3.8, 4) is 0 Å². The lowest BCUT2D eigenvalue weighted by Gasteiger charge is -2.28. The Balaban J connectivity index is 1.76. The van der Waals surface area contributed by atoms with Crippen LogP contribution >= 0.6 is 11.8 Å². The predicted octanol–water partition coefficient (Wildman–Crippen LogP) is 5.21. The molecule has 1 nitrogen and oxygen atoms in total. The molecule has 1 aliphatic heterocycles. The van der Waals surface area contributed by atoms with E-state index in [0.717, 1.165) is 12.8 Å². The normalized spacial score (nSPS) is 18.6. The molecule has 1 atom stereocenters. The molecule has 1 heterocycles. The Labute approximate surface area is 131 Å². The van der Waals surface area contributed by atoms with Gasteiger partial charge in [-0.1, -0.05) is 48.5 Å². The number of rotatable bonds is 4. The van der Waals surface area contributed by atoms with Crippen LogP contribution in [0.1, 0.15) is 32.3 Å². The molecule has 0 spiro atoms. The Morgan fingerprint density at radius 3 is 2.24 bits per heavy atom.